The van der Waals surface area contributed by atoms with Gasteiger partial charge in [0.15, 0.2) is 5.78 Å². The summed E-state index contributed by atoms with van der Waals surface area (Å²) in [5, 5.41) is 0. The number of fused-ring (bicyclic) bond motifs is 1. The summed E-state index contributed by atoms with van der Waals surface area (Å²) in [5.74, 6) is 0.306. The molecule has 0 aliphatic heterocycles. The molecule has 14 heavy (non-hydrogen) atoms. The third-order valence-corrected chi connectivity index (χ3v) is 2.70. The number of hydrogen-bond acceptors (Lipinski definition) is 1. The fourth-order valence-electron chi connectivity index (χ4n) is 2.00. The maximum atomic E-state index is 11.7. The number of Topliss-reactive ketones (excluding diaryl/α,β-unsaturated/α-hetero) is 1. The second-order valence-corrected chi connectivity index (χ2v) is 3.81. The minimum atomic E-state index is 0.306. The monoisotopic (exact) mass is 189 g/mol. The van der Waals surface area contributed by atoms with Crippen molar-refractivity contribution in [1.82, 2.24) is 4.57 Å². The average molecular weight is 189 g/mol. The van der Waals surface area contributed by atoms with Crippen molar-refractivity contribution in [3.8, 4) is 0 Å². The Labute approximate surface area is 84.2 Å². The lowest BCUT2D eigenvalue weighted by Gasteiger charge is -1.96. The van der Waals surface area contributed by atoms with Crippen molar-refractivity contribution in [3.05, 3.63) is 36.2 Å². The second kappa shape index (κ2) is 3.82. The van der Waals surface area contributed by atoms with E-state index in [4.69, 9.17) is 0 Å². The summed E-state index contributed by atoms with van der Waals surface area (Å²) >= 11 is 0. The molecule has 1 heterocycles. The molecule has 0 atom stereocenters. The molecular weight excluding hydrogens is 174 g/mol. The summed E-state index contributed by atoms with van der Waals surface area (Å²) in [6.45, 7) is 4.49. The SMILES string of the molecule is C=CCn1cc2c(c1)C(=O)CCCC2. The molecule has 0 fully saturated rings. The van der Waals surface area contributed by atoms with Gasteiger partial charge in [-0.05, 0) is 24.8 Å². The van der Waals surface area contributed by atoms with Gasteiger partial charge in [-0.15, -0.1) is 6.58 Å². The van der Waals surface area contributed by atoms with Gasteiger partial charge in [-0.25, -0.2) is 0 Å². The van der Waals surface area contributed by atoms with E-state index in [9.17, 15) is 4.79 Å². The van der Waals surface area contributed by atoms with Crippen LogP contribution in [0.5, 0.6) is 0 Å². The molecular formula is C12H15NO. The molecule has 74 valence electrons. The molecule has 0 amide bonds. The molecule has 1 aliphatic rings. The molecule has 1 aliphatic carbocycles. The molecule has 2 nitrogen and oxygen atoms in total. The van der Waals surface area contributed by atoms with Crippen molar-refractivity contribution in [2.24, 2.45) is 0 Å². The number of aromatic nitrogens is 1. The van der Waals surface area contributed by atoms with E-state index in [0.717, 1.165) is 31.4 Å². The number of nitrogens with zero attached hydrogens (tertiary/aromatic N) is 1. The average Bonchev–Trinajstić information content (AvgIpc) is 2.49. The summed E-state index contributed by atoms with van der Waals surface area (Å²) in [4.78, 5) is 11.7. The van der Waals surface area contributed by atoms with Crippen LogP contribution >= 0.6 is 0 Å². The number of ketones is 1. The van der Waals surface area contributed by atoms with Crippen molar-refractivity contribution in [2.75, 3.05) is 0 Å². The maximum absolute atomic E-state index is 11.7. The highest BCUT2D eigenvalue weighted by atomic mass is 16.1. The predicted octanol–water partition coefficient (Wildman–Crippen LogP) is 2.58. The van der Waals surface area contributed by atoms with Gasteiger partial charge in [0.05, 0.1) is 0 Å². The number of carbonyl (C=O) groups is 1. The van der Waals surface area contributed by atoms with Crippen molar-refractivity contribution < 1.29 is 4.79 Å². The van der Waals surface area contributed by atoms with Crippen molar-refractivity contribution >= 4 is 5.78 Å². The van der Waals surface area contributed by atoms with Crippen LogP contribution in [0.2, 0.25) is 0 Å². The van der Waals surface area contributed by atoms with E-state index < -0.39 is 0 Å². The molecule has 0 spiro atoms. The quantitative estimate of drug-likeness (QED) is 0.517. The van der Waals surface area contributed by atoms with Crippen molar-refractivity contribution in [1.29, 1.82) is 0 Å². The first-order chi connectivity index (χ1) is 6.81. The highest BCUT2D eigenvalue weighted by Crippen LogP contribution is 2.21. The highest BCUT2D eigenvalue weighted by molar-refractivity contribution is 5.97. The summed E-state index contributed by atoms with van der Waals surface area (Å²) < 4.78 is 2.04. The minimum Gasteiger partial charge on any atom is -0.349 e. The summed E-state index contributed by atoms with van der Waals surface area (Å²) in [5.41, 5.74) is 2.15. The van der Waals surface area contributed by atoms with Gasteiger partial charge in [-0.3, -0.25) is 4.79 Å². The highest BCUT2D eigenvalue weighted by Gasteiger charge is 2.16. The van der Waals surface area contributed by atoms with Gasteiger partial charge in [0.1, 0.15) is 0 Å². The van der Waals surface area contributed by atoms with E-state index in [1.165, 1.54) is 5.56 Å². The van der Waals surface area contributed by atoms with E-state index in [0.29, 0.717) is 12.2 Å². The molecule has 2 rings (SSSR count). The molecule has 0 unspecified atom stereocenters. The van der Waals surface area contributed by atoms with Crippen LogP contribution in [0.4, 0.5) is 0 Å². The number of rotatable bonds is 2. The Bertz CT molecular complexity index is 362. The first-order valence-electron chi connectivity index (χ1n) is 5.14. The number of allylic oxidation sites excluding steroid dienone is 1. The number of hydrogen-bond donors (Lipinski definition) is 0. The second-order valence-electron chi connectivity index (χ2n) is 3.81. The molecule has 0 aromatic carbocycles. The topological polar surface area (TPSA) is 22.0 Å². The van der Waals surface area contributed by atoms with Gasteiger partial charge in [-0.1, -0.05) is 6.08 Å². The lowest BCUT2D eigenvalue weighted by Crippen LogP contribution is -1.97. The van der Waals surface area contributed by atoms with E-state index in [1.54, 1.807) is 0 Å². The van der Waals surface area contributed by atoms with Gasteiger partial charge in [0.2, 0.25) is 0 Å². The first-order valence-corrected chi connectivity index (χ1v) is 5.14. The zero-order valence-electron chi connectivity index (χ0n) is 8.33. The smallest absolute Gasteiger partial charge is 0.164 e. The Morgan fingerprint density at radius 2 is 2.14 bits per heavy atom. The van der Waals surface area contributed by atoms with E-state index >= 15 is 0 Å². The molecule has 0 saturated heterocycles. The van der Waals surface area contributed by atoms with Crippen LogP contribution in [-0.4, -0.2) is 10.4 Å². The van der Waals surface area contributed by atoms with Crippen LogP contribution in [0.3, 0.4) is 0 Å². The van der Waals surface area contributed by atoms with Gasteiger partial charge in [0.25, 0.3) is 0 Å². The summed E-state index contributed by atoms with van der Waals surface area (Å²) in [6.07, 6.45) is 9.83. The Morgan fingerprint density at radius 3 is 2.93 bits per heavy atom. The van der Waals surface area contributed by atoms with E-state index in [1.807, 2.05) is 16.8 Å². The molecule has 0 bridgehead atoms. The predicted molar refractivity (Wildman–Crippen MR) is 56.5 cm³/mol. The third kappa shape index (κ3) is 1.65. The number of carbonyl (C=O) groups excluding carboxylic acids is 1. The summed E-state index contributed by atoms with van der Waals surface area (Å²) in [7, 11) is 0. The van der Waals surface area contributed by atoms with Crippen LogP contribution in [0.25, 0.3) is 0 Å². The summed E-state index contributed by atoms with van der Waals surface area (Å²) in [6, 6.07) is 0. The van der Waals surface area contributed by atoms with E-state index in [2.05, 4.69) is 12.8 Å². The largest absolute Gasteiger partial charge is 0.349 e. The van der Waals surface area contributed by atoms with Crippen LogP contribution in [-0.2, 0) is 13.0 Å². The van der Waals surface area contributed by atoms with E-state index in [-0.39, 0.29) is 0 Å². The lowest BCUT2D eigenvalue weighted by molar-refractivity contribution is 0.0982. The Morgan fingerprint density at radius 1 is 1.36 bits per heavy atom. The fraction of sp³-hybridized carbons (Fsp3) is 0.417. The molecule has 0 N–H and O–H groups in total. The molecule has 2 heteroatoms. The fourth-order valence-corrected chi connectivity index (χ4v) is 2.00. The first kappa shape index (κ1) is 9.25. The van der Waals surface area contributed by atoms with Crippen LogP contribution in [0.15, 0.2) is 25.0 Å². The zero-order chi connectivity index (χ0) is 9.97. The Kier molecular flexibility index (Phi) is 2.53. The van der Waals surface area contributed by atoms with Crippen molar-refractivity contribution in [3.63, 3.8) is 0 Å². The van der Waals surface area contributed by atoms with Crippen molar-refractivity contribution in [2.45, 2.75) is 32.2 Å². The molecule has 0 radical (unpaired) electrons. The van der Waals surface area contributed by atoms with Gasteiger partial charge < -0.3 is 4.57 Å². The van der Waals surface area contributed by atoms with Crippen LogP contribution < -0.4 is 0 Å². The zero-order valence-corrected chi connectivity index (χ0v) is 8.33. The number of aryl methyl sites for hydroxylation is 1. The molecule has 1 aromatic rings. The third-order valence-electron chi connectivity index (χ3n) is 2.70. The minimum absolute atomic E-state index is 0.306. The van der Waals surface area contributed by atoms with Gasteiger partial charge in [0, 0.05) is 30.9 Å². The van der Waals surface area contributed by atoms with Gasteiger partial charge >= 0.3 is 0 Å². The van der Waals surface area contributed by atoms with Crippen LogP contribution in [0.1, 0.15) is 35.2 Å². The molecule has 0 saturated carbocycles. The maximum Gasteiger partial charge on any atom is 0.164 e. The Balaban J connectivity index is 2.33. The Hall–Kier alpha value is -1.31. The standard InChI is InChI=1S/C12H15NO/c1-2-7-13-8-10-5-3-4-6-12(14)11(10)9-13/h2,8-9H,1,3-7H2. The van der Waals surface area contributed by atoms with Crippen LogP contribution in [0, 0.1) is 0 Å². The normalized spacial score (nSPS) is 16.1. The molecule has 1 aromatic heterocycles. The lowest BCUT2D eigenvalue weighted by atomic mass is 10.1. The van der Waals surface area contributed by atoms with Gasteiger partial charge in [-0.2, -0.15) is 0 Å².